The van der Waals surface area contributed by atoms with Crippen molar-refractivity contribution in [1.82, 2.24) is 9.78 Å². The van der Waals surface area contributed by atoms with E-state index in [0.717, 1.165) is 12.1 Å². The number of nitrogens with zero attached hydrogens (tertiary/aromatic N) is 3. The zero-order chi connectivity index (χ0) is 12.3. The van der Waals surface area contributed by atoms with E-state index in [0.29, 0.717) is 11.5 Å². The van der Waals surface area contributed by atoms with Gasteiger partial charge in [-0.2, -0.15) is 10.4 Å². The molecule has 0 fully saturated rings. The standard InChI is InChI=1S/C14H15N3/c1-11(2)7-13-9-16-17(10-13)14-5-3-12(8-15)4-6-14/h3-6,9-11H,7H2,1-2H3. The van der Waals surface area contributed by atoms with Crippen LogP contribution >= 0.6 is 0 Å². The minimum atomic E-state index is 0.633. The Balaban J connectivity index is 2.22. The average molecular weight is 225 g/mol. The van der Waals surface area contributed by atoms with Crippen LogP contribution in [-0.4, -0.2) is 9.78 Å². The SMILES string of the molecule is CC(C)Cc1cnn(-c2ccc(C#N)cc2)c1. The van der Waals surface area contributed by atoms with Crippen molar-refractivity contribution in [3.05, 3.63) is 47.8 Å². The molecule has 0 spiro atoms. The summed E-state index contributed by atoms with van der Waals surface area (Å²) in [5.74, 6) is 0.633. The Bertz CT molecular complexity index is 529. The molecule has 86 valence electrons. The Labute approximate surface area is 101 Å². The molecule has 0 saturated carbocycles. The van der Waals surface area contributed by atoms with Crippen LogP contribution in [0.15, 0.2) is 36.7 Å². The smallest absolute Gasteiger partial charge is 0.0991 e. The molecule has 1 aromatic heterocycles. The first kappa shape index (κ1) is 11.4. The molecule has 0 saturated heterocycles. The Kier molecular flexibility index (Phi) is 3.24. The Morgan fingerprint density at radius 2 is 2.00 bits per heavy atom. The quantitative estimate of drug-likeness (QED) is 0.805. The lowest BCUT2D eigenvalue weighted by Gasteiger charge is -2.01. The van der Waals surface area contributed by atoms with Crippen molar-refractivity contribution in [3.63, 3.8) is 0 Å². The predicted octanol–water partition coefficient (Wildman–Crippen LogP) is 2.94. The first-order chi connectivity index (χ1) is 8.19. The van der Waals surface area contributed by atoms with Gasteiger partial charge in [-0.15, -0.1) is 0 Å². The van der Waals surface area contributed by atoms with Crippen LogP contribution in [0.5, 0.6) is 0 Å². The topological polar surface area (TPSA) is 41.6 Å². The molecule has 3 heteroatoms. The predicted molar refractivity (Wildman–Crippen MR) is 66.8 cm³/mol. The van der Waals surface area contributed by atoms with Crippen molar-refractivity contribution in [2.75, 3.05) is 0 Å². The normalized spacial score (nSPS) is 10.5. The summed E-state index contributed by atoms with van der Waals surface area (Å²) in [6, 6.07) is 9.53. The Morgan fingerprint density at radius 1 is 1.29 bits per heavy atom. The third-order valence-electron chi connectivity index (χ3n) is 2.54. The lowest BCUT2D eigenvalue weighted by Crippen LogP contribution is -1.94. The van der Waals surface area contributed by atoms with E-state index in [4.69, 9.17) is 5.26 Å². The second-order valence-electron chi connectivity index (χ2n) is 4.55. The number of nitriles is 1. The van der Waals surface area contributed by atoms with Gasteiger partial charge >= 0.3 is 0 Å². The van der Waals surface area contributed by atoms with Gasteiger partial charge in [-0.3, -0.25) is 0 Å². The summed E-state index contributed by atoms with van der Waals surface area (Å²) in [5, 5.41) is 13.1. The maximum Gasteiger partial charge on any atom is 0.0991 e. The number of hydrogen-bond acceptors (Lipinski definition) is 2. The molecule has 1 heterocycles. The van der Waals surface area contributed by atoms with Crippen molar-refractivity contribution < 1.29 is 0 Å². The number of benzene rings is 1. The van der Waals surface area contributed by atoms with Crippen molar-refractivity contribution in [2.45, 2.75) is 20.3 Å². The van der Waals surface area contributed by atoms with E-state index in [1.807, 2.05) is 29.2 Å². The Morgan fingerprint density at radius 3 is 2.59 bits per heavy atom. The fourth-order valence-electron chi connectivity index (χ4n) is 1.77. The van der Waals surface area contributed by atoms with Gasteiger partial charge in [0.2, 0.25) is 0 Å². The molecule has 2 aromatic rings. The molecule has 0 atom stereocenters. The number of rotatable bonds is 3. The molecule has 0 aliphatic heterocycles. The molecule has 0 unspecified atom stereocenters. The van der Waals surface area contributed by atoms with Gasteiger partial charge in [0.25, 0.3) is 0 Å². The molecular weight excluding hydrogens is 210 g/mol. The summed E-state index contributed by atoms with van der Waals surface area (Å²) in [5.41, 5.74) is 2.90. The molecular formula is C14H15N3. The lowest BCUT2D eigenvalue weighted by molar-refractivity contribution is 0.647. The zero-order valence-electron chi connectivity index (χ0n) is 10.1. The number of aromatic nitrogens is 2. The molecule has 0 amide bonds. The van der Waals surface area contributed by atoms with E-state index in [9.17, 15) is 0 Å². The maximum absolute atomic E-state index is 8.73. The highest BCUT2D eigenvalue weighted by molar-refractivity contribution is 5.39. The largest absolute Gasteiger partial charge is 0.241 e. The van der Waals surface area contributed by atoms with Crippen molar-refractivity contribution in [3.8, 4) is 11.8 Å². The molecule has 0 N–H and O–H groups in total. The minimum Gasteiger partial charge on any atom is -0.241 e. The van der Waals surface area contributed by atoms with Gasteiger partial charge in [0.1, 0.15) is 0 Å². The van der Waals surface area contributed by atoms with E-state index < -0.39 is 0 Å². The summed E-state index contributed by atoms with van der Waals surface area (Å²) >= 11 is 0. The van der Waals surface area contributed by atoms with Crippen LogP contribution in [0.4, 0.5) is 0 Å². The average Bonchev–Trinajstić information content (AvgIpc) is 2.77. The fraction of sp³-hybridized carbons (Fsp3) is 0.286. The molecule has 0 radical (unpaired) electrons. The second-order valence-corrected chi connectivity index (χ2v) is 4.55. The van der Waals surface area contributed by atoms with Gasteiger partial charge < -0.3 is 0 Å². The van der Waals surface area contributed by atoms with Crippen LogP contribution in [0.1, 0.15) is 25.0 Å². The zero-order valence-corrected chi connectivity index (χ0v) is 10.1. The van der Waals surface area contributed by atoms with Crippen molar-refractivity contribution in [1.29, 1.82) is 5.26 Å². The van der Waals surface area contributed by atoms with Gasteiger partial charge in [-0.05, 0) is 42.2 Å². The molecule has 2 rings (SSSR count). The van der Waals surface area contributed by atoms with Crippen LogP contribution < -0.4 is 0 Å². The van der Waals surface area contributed by atoms with Crippen LogP contribution in [0.25, 0.3) is 5.69 Å². The van der Waals surface area contributed by atoms with Crippen molar-refractivity contribution in [2.24, 2.45) is 5.92 Å². The molecule has 3 nitrogen and oxygen atoms in total. The second kappa shape index (κ2) is 4.84. The van der Waals surface area contributed by atoms with E-state index in [2.05, 4.69) is 25.0 Å². The van der Waals surface area contributed by atoms with E-state index >= 15 is 0 Å². The first-order valence-corrected chi connectivity index (χ1v) is 5.73. The van der Waals surface area contributed by atoms with Gasteiger partial charge in [0.05, 0.1) is 23.5 Å². The molecule has 17 heavy (non-hydrogen) atoms. The first-order valence-electron chi connectivity index (χ1n) is 5.73. The van der Waals surface area contributed by atoms with E-state index in [1.165, 1.54) is 5.56 Å². The van der Waals surface area contributed by atoms with Gasteiger partial charge in [0.15, 0.2) is 0 Å². The van der Waals surface area contributed by atoms with Crippen LogP contribution in [0.3, 0.4) is 0 Å². The minimum absolute atomic E-state index is 0.633. The molecule has 0 aliphatic carbocycles. The summed E-state index contributed by atoms with van der Waals surface area (Å²) in [6.07, 6.45) is 4.98. The summed E-state index contributed by atoms with van der Waals surface area (Å²) in [7, 11) is 0. The highest BCUT2D eigenvalue weighted by Crippen LogP contribution is 2.12. The van der Waals surface area contributed by atoms with Gasteiger partial charge in [0, 0.05) is 6.20 Å². The van der Waals surface area contributed by atoms with Crippen LogP contribution in [0.2, 0.25) is 0 Å². The lowest BCUT2D eigenvalue weighted by atomic mass is 10.1. The fourth-order valence-corrected chi connectivity index (χ4v) is 1.77. The third-order valence-corrected chi connectivity index (χ3v) is 2.54. The summed E-state index contributed by atoms with van der Waals surface area (Å²) in [4.78, 5) is 0. The molecule has 0 bridgehead atoms. The summed E-state index contributed by atoms with van der Waals surface area (Å²) in [6.45, 7) is 4.39. The number of hydrogen-bond donors (Lipinski definition) is 0. The monoisotopic (exact) mass is 225 g/mol. The summed E-state index contributed by atoms with van der Waals surface area (Å²) < 4.78 is 1.85. The van der Waals surface area contributed by atoms with E-state index in [-0.39, 0.29) is 0 Å². The highest BCUT2D eigenvalue weighted by atomic mass is 15.3. The van der Waals surface area contributed by atoms with Crippen LogP contribution in [0, 0.1) is 17.2 Å². The molecule has 1 aromatic carbocycles. The van der Waals surface area contributed by atoms with Gasteiger partial charge in [-0.1, -0.05) is 13.8 Å². The molecule has 0 aliphatic rings. The maximum atomic E-state index is 8.73. The van der Waals surface area contributed by atoms with Crippen LogP contribution in [-0.2, 0) is 6.42 Å². The Hall–Kier alpha value is -2.08. The van der Waals surface area contributed by atoms with E-state index in [1.54, 1.807) is 12.1 Å². The third kappa shape index (κ3) is 2.73. The highest BCUT2D eigenvalue weighted by Gasteiger charge is 2.03. The van der Waals surface area contributed by atoms with Gasteiger partial charge in [-0.25, -0.2) is 4.68 Å². The van der Waals surface area contributed by atoms with Crippen molar-refractivity contribution >= 4 is 0 Å².